The Morgan fingerprint density at radius 1 is 0.878 bits per heavy atom. The van der Waals surface area contributed by atoms with E-state index < -0.39 is 51.3 Å². The fourth-order valence-electron chi connectivity index (χ4n) is 5.36. The van der Waals surface area contributed by atoms with Gasteiger partial charge in [-0.3, -0.25) is 14.4 Å². The van der Waals surface area contributed by atoms with Crippen molar-refractivity contribution in [3.8, 4) is 11.5 Å². The van der Waals surface area contributed by atoms with Crippen molar-refractivity contribution < 1.29 is 37.4 Å². The molecule has 0 radical (unpaired) electrons. The number of amides is 3. The van der Waals surface area contributed by atoms with Crippen LogP contribution in [0.15, 0.2) is 83.8 Å². The van der Waals surface area contributed by atoms with Gasteiger partial charge in [-0.25, -0.2) is 8.42 Å². The van der Waals surface area contributed by atoms with Gasteiger partial charge in [-0.1, -0.05) is 83.1 Å². The average Bonchev–Trinajstić information content (AvgIpc) is 3.54. The van der Waals surface area contributed by atoms with E-state index in [1.165, 1.54) is 22.5 Å². The summed E-state index contributed by atoms with van der Waals surface area (Å²) in [6, 6.07) is 20.0. The van der Waals surface area contributed by atoms with Crippen molar-refractivity contribution in [3.63, 3.8) is 0 Å². The molecule has 0 saturated heterocycles. The van der Waals surface area contributed by atoms with E-state index in [-0.39, 0.29) is 43.7 Å². The topological polar surface area (TPSA) is 163 Å². The average molecular weight is 695 g/mol. The van der Waals surface area contributed by atoms with E-state index in [9.17, 15) is 27.9 Å². The van der Waals surface area contributed by atoms with Gasteiger partial charge in [0.05, 0.1) is 23.6 Å². The van der Waals surface area contributed by atoms with Crippen LogP contribution in [0.2, 0.25) is 0 Å². The largest absolute Gasteiger partial charge is 0.454 e. The molecule has 1 aliphatic heterocycles. The van der Waals surface area contributed by atoms with Gasteiger partial charge in [0.2, 0.25) is 28.6 Å². The molecule has 1 aliphatic rings. The van der Waals surface area contributed by atoms with E-state index in [1.807, 2.05) is 44.2 Å². The Morgan fingerprint density at radius 3 is 2.14 bits per heavy atom. The Bertz CT molecular complexity index is 1690. The number of hydrogen-bond acceptors (Lipinski definition) is 8. The molecule has 0 aromatic heterocycles. The van der Waals surface area contributed by atoms with Gasteiger partial charge >= 0.3 is 0 Å². The highest BCUT2D eigenvalue weighted by molar-refractivity contribution is 7.89. The zero-order chi connectivity index (χ0) is 35.8. The molecule has 0 aliphatic carbocycles. The monoisotopic (exact) mass is 694 g/mol. The van der Waals surface area contributed by atoms with Crippen LogP contribution in [-0.2, 0) is 26.0 Å². The van der Waals surface area contributed by atoms with Gasteiger partial charge in [0.25, 0.3) is 5.91 Å². The number of fused-ring (bicyclic) bond motifs is 1. The molecule has 3 atom stereocenters. The van der Waals surface area contributed by atoms with Gasteiger partial charge in [0.15, 0.2) is 11.5 Å². The van der Waals surface area contributed by atoms with Gasteiger partial charge in [0, 0.05) is 24.7 Å². The highest BCUT2D eigenvalue weighted by Crippen LogP contribution is 2.35. The standard InChI is InChI=1S/C36H46N4O8S/c1-24(2)21-40(49(45,46)27-16-17-30-31(19-27)48-23-47-30)22-29(41)28(18-25-12-8-6-9-13-25)38-35(44)33(36(3,4)5)39-32(42)20-37-34(43)26-14-10-7-11-15-26/h6-17,19,24,28-29,33,41H,18,20-23H2,1-5H3,(H,37,43)(H,38,44)(H,39,42). The lowest BCUT2D eigenvalue weighted by Gasteiger charge is -2.34. The van der Waals surface area contributed by atoms with Gasteiger partial charge < -0.3 is 30.5 Å². The molecule has 0 bridgehead atoms. The first kappa shape index (κ1) is 37.4. The van der Waals surface area contributed by atoms with Gasteiger partial charge in [-0.15, -0.1) is 0 Å². The molecule has 4 N–H and O–H groups in total. The predicted octanol–water partition coefficient (Wildman–Crippen LogP) is 3.11. The van der Waals surface area contributed by atoms with Crippen molar-refractivity contribution in [2.45, 2.75) is 64.1 Å². The summed E-state index contributed by atoms with van der Waals surface area (Å²) in [5.41, 5.74) is 0.434. The Morgan fingerprint density at radius 2 is 1.51 bits per heavy atom. The van der Waals surface area contributed by atoms with Crippen molar-refractivity contribution in [1.82, 2.24) is 20.3 Å². The molecule has 3 aromatic rings. The van der Waals surface area contributed by atoms with Crippen LogP contribution >= 0.6 is 0 Å². The molecular weight excluding hydrogens is 648 g/mol. The second-order valence-electron chi connectivity index (χ2n) is 13.5. The third-order valence-corrected chi connectivity index (χ3v) is 9.74. The van der Waals surface area contributed by atoms with Crippen LogP contribution in [0, 0.1) is 11.3 Å². The van der Waals surface area contributed by atoms with Crippen LogP contribution < -0.4 is 25.4 Å². The molecule has 0 spiro atoms. The van der Waals surface area contributed by atoms with Crippen LogP contribution in [0.1, 0.15) is 50.5 Å². The van der Waals surface area contributed by atoms with Gasteiger partial charge in [0.1, 0.15) is 6.04 Å². The van der Waals surface area contributed by atoms with Gasteiger partial charge in [-0.2, -0.15) is 4.31 Å². The van der Waals surface area contributed by atoms with E-state index in [4.69, 9.17) is 9.47 Å². The molecule has 0 fully saturated rings. The fraction of sp³-hybridized carbons (Fsp3) is 0.417. The van der Waals surface area contributed by atoms with Crippen LogP contribution in [0.25, 0.3) is 0 Å². The normalized spacial score (nSPS) is 14.6. The quantitative estimate of drug-likeness (QED) is 0.189. The van der Waals surface area contributed by atoms with Crippen LogP contribution in [-0.4, -0.2) is 80.2 Å². The number of nitrogens with one attached hydrogen (secondary N) is 3. The lowest BCUT2D eigenvalue weighted by Crippen LogP contribution is -2.59. The first-order valence-corrected chi connectivity index (χ1v) is 17.6. The summed E-state index contributed by atoms with van der Waals surface area (Å²) in [6.07, 6.45) is -1.15. The number of rotatable bonds is 15. The molecule has 3 amide bonds. The second kappa shape index (κ2) is 16.3. The maximum Gasteiger partial charge on any atom is 0.251 e. The van der Waals surface area contributed by atoms with Crippen LogP contribution in [0.4, 0.5) is 0 Å². The summed E-state index contributed by atoms with van der Waals surface area (Å²) in [6.45, 7) is 8.52. The lowest BCUT2D eigenvalue weighted by atomic mass is 9.85. The minimum atomic E-state index is -4.10. The number of sulfonamides is 1. The first-order valence-electron chi connectivity index (χ1n) is 16.2. The molecular formula is C36H46N4O8S. The third-order valence-electron chi connectivity index (χ3n) is 7.91. The molecule has 49 heavy (non-hydrogen) atoms. The van der Waals surface area contributed by atoms with Crippen molar-refractivity contribution in [3.05, 3.63) is 90.0 Å². The van der Waals surface area contributed by atoms with E-state index >= 15 is 0 Å². The molecule has 3 unspecified atom stereocenters. The van der Waals surface area contributed by atoms with E-state index in [0.29, 0.717) is 17.1 Å². The molecule has 12 nitrogen and oxygen atoms in total. The summed E-state index contributed by atoms with van der Waals surface area (Å²) in [7, 11) is -4.10. The predicted molar refractivity (Wildman–Crippen MR) is 184 cm³/mol. The second-order valence-corrected chi connectivity index (χ2v) is 15.5. The Hall–Kier alpha value is -4.46. The Labute approximate surface area is 288 Å². The Kier molecular flexibility index (Phi) is 12.4. The van der Waals surface area contributed by atoms with Crippen LogP contribution in [0.3, 0.4) is 0 Å². The number of aliphatic hydroxyl groups is 1. The summed E-state index contributed by atoms with van der Waals surface area (Å²) in [4.78, 5) is 39.3. The summed E-state index contributed by atoms with van der Waals surface area (Å²) >= 11 is 0. The van der Waals surface area contributed by atoms with E-state index in [0.717, 1.165) is 5.56 Å². The summed E-state index contributed by atoms with van der Waals surface area (Å²) in [5.74, 6) is -0.891. The highest BCUT2D eigenvalue weighted by Gasteiger charge is 2.37. The number of benzene rings is 3. The van der Waals surface area contributed by atoms with Crippen molar-refractivity contribution in [2.75, 3.05) is 26.4 Å². The zero-order valence-electron chi connectivity index (χ0n) is 28.5. The van der Waals surface area contributed by atoms with Crippen molar-refractivity contribution in [1.29, 1.82) is 0 Å². The molecule has 3 aromatic carbocycles. The van der Waals surface area contributed by atoms with Crippen molar-refractivity contribution >= 4 is 27.7 Å². The molecule has 1 heterocycles. The summed E-state index contributed by atoms with van der Waals surface area (Å²) in [5, 5.41) is 19.9. The van der Waals surface area contributed by atoms with Crippen LogP contribution in [0.5, 0.6) is 11.5 Å². The number of nitrogens with zero attached hydrogens (tertiary/aromatic N) is 1. The number of carbonyl (C=O) groups is 3. The highest BCUT2D eigenvalue weighted by atomic mass is 32.2. The van der Waals surface area contributed by atoms with Gasteiger partial charge in [-0.05, 0) is 47.6 Å². The Balaban J connectivity index is 1.53. The third kappa shape index (κ3) is 10.3. The summed E-state index contributed by atoms with van der Waals surface area (Å²) < 4.78 is 39.8. The molecule has 4 rings (SSSR count). The number of carbonyl (C=O) groups excluding carboxylic acids is 3. The van der Waals surface area contributed by atoms with E-state index in [1.54, 1.807) is 51.1 Å². The smallest absolute Gasteiger partial charge is 0.251 e. The minimum Gasteiger partial charge on any atom is -0.454 e. The SMILES string of the molecule is CC(C)CN(CC(O)C(Cc1ccccc1)NC(=O)C(NC(=O)CNC(=O)c1ccccc1)C(C)(C)C)S(=O)(=O)c1ccc2c(c1)OCO2. The number of ether oxygens (including phenoxy) is 2. The zero-order valence-corrected chi connectivity index (χ0v) is 29.3. The maximum absolute atomic E-state index is 13.9. The molecule has 264 valence electrons. The minimum absolute atomic E-state index is 0.00748. The molecule has 13 heteroatoms. The van der Waals surface area contributed by atoms with Crippen molar-refractivity contribution in [2.24, 2.45) is 11.3 Å². The lowest BCUT2D eigenvalue weighted by molar-refractivity contribution is -0.132. The number of aliphatic hydroxyl groups excluding tert-OH is 1. The number of hydrogen-bond donors (Lipinski definition) is 4. The first-order chi connectivity index (χ1) is 23.1. The maximum atomic E-state index is 13.9. The fourth-order valence-corrected chi connectivity index (χ4v) is 6.99. The van der Waals surface area contributed by atoms with E-state index in [2.05, 4.69) is 16.0 Å². The molecule has 0 saturated carbocycles.